The van der Waals surface area contributed by atoms with E-state index in [2.05, 4.69) is 5.27 Å². The predicted molar refractivity (Wildman–Crippen MR) is 108 cm³/mol. The summed E-state index contributed by atoms with van der Waals surface area (Å²) in [5, 5.41) is 12.2. The highest BCUT2D eigenvalue weighted by Crippen LogP contribution is 2.19. The van der Waals surface area contributed by atoms with Crippen LogP contribution in [0.3, 0.4) is 0 Å². The van der Waals surface area contributed by atoms with Gasteiger partial charge in [0.05, 0.1) is 11.3 Å². The van der Waals surface area contributed by atoms with E-state index in [1.807, 2.05) is 87.6 Å². The van der Waals surface area contributed by atoms with Crippen molar-refractivity contribution < 1.29 is 9.20 Å². The fourth-order valence-corrected chi connectivity index (χ4v) is 3.38. The number of rotatable bonds is 4. The van der Waals surface area contributed by atoms with Crippen molar-refractivity contribution in [3.8, 4) is 22.6 Å². The molecule has 2 aromatic heterocycles. The van der Waals surface area contributed by atoms with Gasteiger partial charge >= 0.3 is 5.56 Å². The Labute approximate surface area is 167 Å². The van der Waals surface area contributed by atoms with Gasteiger partial charge in [-0.25, -0.2) is 9.95 Å². The summed E-state index contributed by atoms with van der Waals surface area (Å²) in [6.45, 7) is 1.85. The van der Waals surface area contributed by atoms with Crippen molar-refractivity contribution in [1.29, 1.82) is 5.41 Å². The van der Waals surface area contributed by atoms with Crippen molar-refractivity contribution in [2.45, 2.75) is 6.92 Å². The Balaban J connectivity index is 1.92. The zero-order valence-corrected chi connectivity index (χ0v) is 16.7. The van der Waals surface area contributed by atoms with E-state index in [0.29, 0.717) is 17.1 Å². The first-order valence-electron chi connectivity index (χ1n) is 9.16. The highest BCUT2D eigenvalue weighted by molar-refractivity contribution is 5.60. The van der Waals surface area contributed by atoms with Crippen molar-refractivity contribution in [3.05, 3.63) is 76.2 Å². The fraction of sp³-hybridized carbons (Fsp3) is 0.190. The van der Waals surface area contributed by atoms with Gasteiger partial charge in [-0.05, 0) is 43.3 Å². The van der Waals surface area contributed by atoms with Crippen LogP contribution >= 0.6 is 0 Å². The smallest absolute Gasteiger partial charge is 0.343 e. The second-order valence-corrected chi connectivity index (χ2v) is 7.01. The predicted octanol–water partition coefficient (Wildman–Crippen LogP) is 1.52. The zero-order valence-electron chi connectivity index (χ0n) is 16.7. The van der Waals surface area contributed by atoms with Gasteiger partial charge in [-0.3, -0.25) is 14.9 Å². The Morgan fingerprint density at radius 2 is 1.72 bits per heavy atom. The molecule has 0 amide bonds. The van der Waals surface area contributed by atoms with Gasteiger partial charge in [0.25, 0.3) is 16.9 Å². The second kappa shape index (κ2) is 6.97. The Morgan fingerprint density at radius 1 is 1.07 bits per heavy atom. The molecule has 4 aromatic rings. The van der Waals surface area contributed by atoms with Gasteiger partial charge in [0.15, 0.2) is 0 Å². The lowest BCUT2D eigenvalue weighted by Gasteiger charge is -2.11. The molecule has 2 heterocycles. The number of benzene rings is 2. The summed E-state index contributed by atoms with van der Waals surface area (Å²) >= 11 is 0. The highest BCUT2D eigenvalue weighted by atomic mass is 16.5. The molecule has 0 spiro atoms. The standard InChI is InChI=1S/C21H22N6O2/c1-14-18(21(28)27(25(14)4)17-8-6-5-7-9-17)26-19(20(22)29-23-26)15-10-12-16(13-11-15)24(2)3/h5-13,22H,1-4H3. The number of anilines is 1. The number of aromatic nitrogens is 4. The lowest BCUT2D eigenvalue weighted by molar-refractivity contribution is -0.667. The Morgan fingerprint density at radius 3 is 2.34 bits per heavy atom. The molecule has 0 radical (unpaired) electrons. The minimum Gasteiger partial charge on any atom is -0.486 e. The number of nitrogens with one attached hydrogen (secondary N) is 1. The summed E-state index contributed by atoms with van der Waals surface area (Å²) in [6.07, 6.45) is 0. The van der Waals surface area contributed by atoms with Crippen LogP contribution < -0.4 is 26.0 Å². The molecule has 0 saturated heterocycles. The molecule has 29 heavy (non-hydrogen) atoms. The van der Waals surface area contributed by atoms with Crippen LogP contribution in [0.5, 0.6) is 0 Å². The zero-order chi connectivity index (χ0) is 20.7. The number of para-hydroxylation sites is 1. The van der Waals surface area contributed by atoms with E-state index in [-0.39, 0.29) is 11.1 Å². The third-order valence-electron chi connectivity index (χ3n) is 5.03. The minimum atomic E-state index is -0.235. The first kappa shape index (κ1) is 18.5. The Hall–Kier alpha value is -3.81. The van der Waals surface area contributed by atoms with Gasteiger partial charge in [-0.2, -0.15) is 4.68 Å². The average molecular weight is 390 g/mol. The molecular formula is C21H22N6O2. The van der Waals surface area contributed by atoms with Crippen LogP contribution in [0.2, 0.25) is 0 Å². The topological polar surface area (TPSA) is 85.1 Å². The molecule has 2 aromatic carbocycles. The van der Waals surface area contributed by atoms with Crippen molar-refractivity contribution >= 4 is 5.69 Å². The first-order valence-corrected chi connectivity index (χ1v) is 9.16. The van der Waals surface area contributed by atoms with E-state index >= 15 is 0 Å². The van der Waals surface area contributed by atoms with Crippen molar-refractivity contribution in [2.24, 2.45) is 7.05 Å². The normalized spacial score (nSPS) is 11.0. The molecule has 0 atom stereocenters. The van der Waals surface area contributed by atoms with Crippen molar-refractivity contribution in [3.63, 3.8) is 0 Å². The summed E-state index contributed by atoms with van der Waals surface area (Å²) < 4.78 is 9.93. The molecule has 8 heteroatoms. The molecule has 148 valence electrons. The lowest BCUT2D eigenvalue weighted by atomic mass is 10.1. The maximum atomic E-state index is 13.3. The third-order valence-corrected chi connectivity index (χ3v) is 5.03. The van der Waals surface area contributed by atoms with E-state index in [1.54, 1.807) is 9.36 Å². The summed E-state index contributed by atoms with van der Waals surface area (Å²) in [5.74, 6) is 0. The molecule has 0 aliphatic rings. The molecule has 8 nitrogen and oxygen atoms in total. The molecule has 0 aliphatic carbocycles. The van der Waals surface area contributed by atoms with Crippen LogP contribution in [0.15, 0.2) is 63.9 Å². The van der Waals surface area contributed by atoms with E-state index in [0.717, 1.165) is 16.9 Å². The number of hydrogen-bond acceptors (Lipinski definition) is 4. The largest absolute Gasteiger partial charge is 0.486 e. The lowest BCUT2D eigenvalue weighted by Crippen LogP contribution is -2.43. The monoisotopic (exact) mass is 390 g/mol. The van der Waals surface area contributed by atoms with E-state index < -0.39 is 0 Å². The number of nitrogens with zero attached hydrogens (tertiary/aromatic N) is 5. The van der Waals surface area contributed by atoms with E-state index in [9.17, 15) is 4.79 Å². The first-order chi connectivity index (χ1) is 13.9. The quantitative estimate of drug-likeness (QED) is 0.536. The van der Waals surface area contributed by atoms with Gasteiger partial charge in [-0.1, -0.05) is 18.2 Å². The van der Waals surface area contributed by atoms with E-state index in [4.69, 9.17) is 9.93 Å². The molecule has 0 fully saturated rings. The van der Waals surface area contributed by atoms with Crippen LogP contribution in [0.1, 0.15) is 5.69 Å². The molecule has 0 unspecified atom stereocenters. The van der Waals surface area contributed by atoms with Crippen molar-refractivity contribution in [2.75, 3.05) is 19.0 Å². The van der Waals surface area contributed by atoms with E-state index in [1.165, 1.54) is 4.68 Å². The minimum absolute atomic E-state index is 0.100. The van der Waals surface area contributed by atoms with Gasteiger partial charge in [-0.15, -0.1) is 0 Å². The number of hydrogen-bond donors (Lipinski definition) is 1. The second-order valence-electron chi connectivity index (χ2n) is 7.01. The van der Waals surface area contributed by atoms with Crippen LogP contribution in [0.4, 0.5) is 5.69 Å². The SMILES string of the molecule is Cc1c(-[n+]2[n-]oc(=N)c2-c2ccc(N(C)C)cc2)c(=O)n(-c2ccccc2)n1C. The third kappa shape index (κ3) is 2.98. The van der Waals surface area contributed by atoms with Crippen molar-refractivity contribution in [1.82, 2.24) is 14.6 Å². The molecular weight excluding hydrogens is 368 g/mol. The highest BCUT2D eigenvalue weighted by Gasteiger charge is 2.27. The molecule has 1 N–H and O–H groups in total. The average Bonchev–Trinajstić information content (AvgIpc) is 3.19. The van der Waals surface area contributed by atoms with Crippen LogP contribution in [0, 0.1) is 12.3 Å². The fourth-order valence-electron chi connectivity index (χ4n) is 3.38. The van der Waals surface area contributed by atoms with Gasteiger partial charge in [0, 0.05) is 26.8 Å². The van der Waals surface area contributed by atoms with Crippen LogP contribution in [-0.4, -0.2) is 23.5 Å². The summed E-state index contributed by atoms with van der Waals surface area (Å²) in [6, 6.07) is 17.1. The van der Waals surface area contributed by atoms with Gasteiger partial charge < -0.3 is 9.42 Å². The molecule has 0 bridgehead atoms. The summed E-state index contributed by atoms with van der Waals surface area (Å²) in [4.78, 5) is 15.3. The molecule has 4 rings (SSSR count). The maximum Gasteiger partial charge on any atom is 0.343 e. The Kier molecular flexibility index (Phi) is 4.46. The Bertz CT molecular complexity index is 1270. The molecule has 0 saturated carbocycles. The van der Waals surface area contributed by atoms with Gasteiger partial charge in [0.1, 0.15) is 5.69 Å². The molecule has 0 aliphatic heterocycles. The van der Waals surface area contributed by atoms with Gasteiger partial charge in [0.2, 0.25) is 0 Å². The van der Waals surface area contributed by atoms with Crippen LogP contribution in [0.25, 0.3) is 22.6 Å². The summed E-state index contributed by atoms with van der Waals surface area (Å²) in [7, 11) is 5.74. The maximum absolute atomic E-state index is 13.3. The van der Waals surface area contributed by atoms with Crippen LogP contribution in [-0.2, 0) is 7.05 Å². The summed E-state index contributed by atoms with van der Waals surface area (Å²) in [5.41, 5.74) is 3.69.